The number of thioether (sulfide) groups is 1. The van der Waals surface area contributed by atoms with Crippen molar-refractivity contribution >= 4 is 18.1 Å². The zero-order valence-electron chi connectivity index (χ0n) is 7.10. The van der Waals surface area contributed by atoms with Crippen LogP contribution in [0.15, 0.2) is 34.2 Å². The summed E-state index contributed by atoms with van der Waals surface area (Å²) in [6.07, 6.45) is 1.83. The van der Waals surface area contributed by atoms with Crippen LogP contribution in [0.25, 0.3) is 0 Å². The first kappa shape index (κ1) is 7.44. The molecule has 1 N–H and O–H groups in total. The average molecular weight is 190 g/mol. The van der Waals surface area contributed by atoms with Crippen LogP contribution >= 0.6 is 11.8 Å². The normalized spacial score (nSPS) is 29.2. The second-order valence-electron chi connectivity index (χ2n) is 3.34. The van der Waals surface area contributed by atoms with Crippen molar-refractivity contribution in [3.05, 3.63) is 29.8 Å². The van der Waals surface area contributed by atoms with E-state index in [1.54, 1.807) is 0 Å². The van der Waals surface area contributed by atoms with Crippen molar-refractivity contribution in [3.63, 3.8) is 0 Å². The van der Waals surface area contributed by atoms with Gasteiger partial charge in [0.2, 0.25) is 0 Å². The van der Waals surface area contributed by atoms with Crippen LogP contribution < -0.4 is 5.32 Å². The fraction of sp³-hybridized carbons (Fsp3) is 0.300. The van der Waals surface area contributed by atoms with Gasteiger partial charge < -0.3 is 5.32 Å². The van der Waals surface area contributed by atoms with E-state index in [2.05, 4.69) is 34.6 Å². The van der Waals surface area contributed by atoms with Gasteiger partial charge in [0.15, 0.2) is 0 Å². The smallest absolute Gasteiger partial charge is 0.0863 e. The van der Waals surface area contributed by atoms with Crippen molar-refractivity contribution in [2.24, 2.45) is 4.99 Å². The molecule has 2 heterocycles. The van der Waals surface area contributed by atoms with Gasteiger partial charge in [0.1, 0.15) is 0 Å². The molecule has 2 aliphatic rings. The van der Waals surface area contributed by atoms with Crippen LogP contribution in [0.2, 0.25) is 0 Å². The van der Waals surface area contributed by atoms with Crippen molar-refractivity contribution < 1.29 is 0 Å². The van der Waals surface area contributed by atoms with Crippen molar-refractivity contribution in [2.45, 2.75) is 16.2 Å². The number of nitrogens with one attached hydrogen (secondary N) is 1. The monoisotopic (exact) mass is 190 g/mol. The number of hydrogen-bond acceptors (Lipinski definition) is 3. The zero-order valence-corrected chi connectivity index (χ0v) is 7.92. The maximum atomic E-state index is 4.27. The molecule has 2 aliphatic heterocycles. The van der Waals surface area contributed by atoms with Gasteiger partial charge in [0, 0.05) is 10.8 Å². The molecule has 13 heavy (non-hydrogen) atoms. The molecule has 0 bridgehead atoms. The number of hydrogen-bond donors (Lipinski definition) is 1. The minimum Gasteiger partial charge on any atom is -0.364 e. The van der Waals surface area contributed by atoms with Crippen LogP contribution in [-0.4, -0.2) is 18.3 Å². The minimum atomic E-state index is 0.509. The first-order valence-electron chi connectivity index (χ1n) is 4.45. The standard InChI is InChI=1S/C10H10N2S/c1-2-4-9-7(3-1)8-5-11-6-12-10(8)13-9/h1-4,6,8,10H,5H2,(H,11,12). The van der Waals surface area contributed by atoms with E-state index in [4.69, 9.17) is 0 Å². The maximum absolute atomic E-state index is 4.27. The Hall–Kier alpha value is -0.960. The Balaban J connectivity index is 2.05. The zero-order chi connectivity index (χ0) is 8.67. The van der Waals surface area contributed by atoms with Gasteiger partial charge in [-0.05, 0) is 11.6 Å². The van der Waals surface area contributed by atoms with E-state index in [1.165, 1.54) is 10.5 Å². The molecule has 66 valence electrons. The highest BCUT2D eigenvalue weighted by Crippen LogP contribution is 2.44. The summed E-state index contributed by atoms with van der Waals surface area (Å²) in [6.45, 7) is 0.932. The molecule has 2 atom stereocenters. The first-order chi connectivity index (χ1) is 6.45. The highest BCUT2D eigenvalue weighted by Gasteiger charge is 2.33. The van der Waals surface area contributed by atoms with Gasteiger partial charge in [0.25, 0.3) is 0 Å². The lowest BCUT2D eigenvalue weighted by Crippen LogP contribution is -2.33. The van der Waals surface area contributed by atoms with E-state index in [0.29, 0.717) is 11.3 Å². The first-order valence-corrected chi connectivity index (χ1v) is 5.33. The lowest BCUT2D eigenvalue weighted by molar-refractivity contribution is 0.618. The largest absolute Gasteiger partial charge is 0.364 e. The molecule has 3 heteroatoms. The van der Waals surface area contributed by atoms with Crippen LogP contribution in [0.5, 0.6) is 0 Å². The third kappa shape index (κ3) is 1.07. The summed E-state index contributed by atoms with van der Waals surface area (Å²) in [5.74, 6) is 0.575. The molecule has 0 fully saturated rings. The number of aliphatic imine (C=N–C) groups is 1. The highest BCUT2D eigenvalue weighted by atomic mass is 32.2. The predicted octanol–water partition coefficient (Wildman–Crippen LogP) is 1.83. The third-order valence-electron chi connectivity index (χ3n) is 2.57. The van der Waals surface area contributed by atoms with E-state index >= 15 is 0 Å². The molecule has 0 spiro atoms. The second-order valence-corrected chi connectivity index (χ2v) is 4.53. The van der Waals surface area contributed by atoms with E-state index in [0.717, 1.165) is 6.54 Å². The molecule has 0 saturated carbocycles. The average Bonchev–Trinajstić information content (AvgIpc) is 2.56. The van der Waals surface area contributed by atoms with Crippen molar-refractivity contribution in [3.8, 4) is 0 Å². The number of nitrogens with zero attached hydrogens (tertiary/aromatic N) is 1. The van der Waals surface area contributed by atoms with Crippen LogP contribution in [0.3, 0.4) is 0 Å². The molecular formula is C10H10N2S. The van der Waals surface area contributed by atoms with Crippen LogP contribution in [0, 0.1) is 0 Å². The second kappa shape index (κ2) is 2.77. The minimum absolute atomic E-state index is 0.509. The highest BCUT2D eigenvalue weighted by molar-refractivity contribution is 8.00. The summed E-state index contributed by atoms with van der Waals surface area (Å²) in [7, 11) is 0. The third-order valence-corrected chi connectivity index (χ3v) is 3.91. The lowest BCUT2D eigenvalue weighted by Gasteiger charge is -2.21. The summed E-state index contributed by atoms with van der Waals surface area (Å²) in [4.78, 5) is 5.68. The van der Waals surface area contributed by atoms with Gasteiger partial charge in [0.05, 0.1) is 18.3 Å². The van der Waals surface area contributed by atoms with E-state index in [9.17, 15) is 0 Å². The lowest BCUT2D eigenvalue weighted by atomic mass is 9.99. The van der Waals surface area contributed by atoms with E-state index in [-0.39, 0.29) is 0 Å². The van der Waals surface area contributed by atoms with Gasteiger partial charge >= 0.3 is 0 Å². The van der Waals surface area contributed by atoms with Gasteiger partial charge in [-0.25, -0.2) is 0 Å². The summed E-state index contributed by atoms with van der Waals surface area (Å²) in [6, 6.07) is 8.62. The summed E-state index contributed by atoms with van der Waals surface area (Å²) in [5.41, 5.74) is 1.46. The van der Waals surface area contributed by atoms with E-state index < -0.39 is 0 Å². The predicted molar refractivity (Wildman–Crippen MR) is 55.3 cm³/mol. The van der Waals surface area contributed by atoms with Gasteiger partial charge in [-0.2, -0.15) is 0 Å². The molecule has 0 aliphatic carbocycles. The Morgan fingerprint density at radius 1 is 1.38 bits per heavy atom. The summed E-state index contributed by atoms with van der Waals surface area (Å²) < 4.78 is 0. The molecule has 0 radical (unpaired) electrons. The molecule has 0 aromatic heterocycles. The van der Waals surface area contributed by atoms with Gasteiger partial charge in [-0.3, -0.25) is 4.99 Å². The summed E-state index contributed by atoms with van der Waals surface area (Å²) in [5, 5.41) is 3.81. The molecule has 0 amide bonds. The Morgan fingerprint density at radius 3 is 3.31 bits per heavy atom. The Labute approximate surface area is 81.4 Å². The van der Waals surface area contributed by atoms with Crippen LogP contribution in [0.1, 0.15) is 11.5 Å². The quantitative estimate of drug-likeness (QED) is 0.675. The Kier molecular flexibility index (Phi) is 1.59. The fourth-order valence-corrected chi connectivity index (χ4v) is 3.22. The fourth-order valence-electron chi connectivity index (χ4n) is 1.91. The number of benzene rings is 1. The molecule has 1 aromatic carbocycles. The molecule has 3 rings (SSSR count). The molecular weight excluding hydrogens is 180 g/mol. The molecule has 0 saturated heterocycles. The van der Waals surface area contributed by atoms with Crippen LogP contribution in [-0.2, 0) is 0 Å². The summed E-state index contributed by atoms with van der Waals surface area (Å²) >= 11 is 1.92. The van der Waals surface area contributed by atoms with Crippen molar-refractivity contribution in [1.82, 2.24) is 5.32 Å². The van der Waals surface area contributed by atoms with Gasteiger partial charge in [-0.15, -0.1) is 11.8 Å². The molecule has 2 nitrogen and oxygen atoms in total. The molecule has 1 aromatic rings. The Morgan fingerprint density at radius 2 is 2.31 bits per heavy atom. The van der Waals surface area contributed by atoms with Crippen molar-refractivity contribution in [1.29, 1.82) is 0 Å². The van der Waals surface area contributed by atoms with Crippen LogP contribution in [0.4, 0.5) is 0 Å². The number of rotatable bonds is 0. The molecule has 2 unspecified atom stereocenters. The SMILES string of the molecule is C1=NCC2c3ccccc3SC2N1. The van der Waals surface area contributed by atoms with Crippen molar-refractivity contribution in [2.75, 3.05) is 6.54 Å². The maximum Gasteiger partial charge on any atom is 0.0863 e. The Bertz CT molecular complexity index is 362. The van der Waals surface area contributed by atoms with Gasteiger partial charge in [-0.1, -0.05) is 18.2 Å². The number of fused-ring (bicyclic) bond motifs is 3. The topological polar surface area (TPSA) is 24.4 Å². The van der Waals surface area contributed by atoms with E-state index in [1.807, 2.05) is 18.1 Å².